The minimum absolute atomic E-state index is 0.0725. The van der Waals surface area contributed by atoms with Gasteiger partial charge in [0, 0.05) is 23.8 Å². The highest BCUT2D eigenvalue weighted by Gasteiger charge is 2.14. The summed E-state index contributed by atoms with van der Waals surface area (Å²) >= 11 is 0. The Kier molecular flexibility index (Phi) is 5.18. The van der Waals surface area contributed by atoms with Crippen LogP contribution in [0.25, 0.3) is 17.4 Å². The van der Waals surface area contributed by atoms with E-state index in [4.69, 9.17) is 20.7 Å². The molecule has 8 nitrogen and oxygen atoms in total. The molecular weight excluding hydrogens is 334 g/mol. The molecule has 0 spiro atoms. The predicted octanol–water partition coefficient (Wildman–Crippen LogP) is 3.33. The Hall–Kier alpha value is -4.35. The van der Waals surface area contributed by atoms with Crippen LogP contribution in [0, 0.1) is 51.0 Å². The number of nitro benzene ring substituents is 1. The normalized spacial score (nSPS) is 10.3. The van der Waals surface area contributed by atoms with Crippen molar-refractivity contribution in [1.29, 1.82) is 15.8 Å². The molecular formula is C18H11N5O3. The summed E-state index contributed by atoms with van der Waals surface area (Å²) in [6.45, 7) is 1.78. The largest absolute Gasteiger partial charge is 0.457 e. The van der Waals surface area contributed by atoms with E-state index in [1.807, 2.05) is 6.07 Å². The minimum atomic E-state index is -0.503. The van der Waals surface area contributed by atoms with Crippen LogP contribution in [0.4, 0.5) is 5.69 Å². The van der Waals surface area contributed by atoms with Crippen molar-refractivity contribution in [3.05, 3.63) is 68.6 Å². The zero-order valence-corrected chi connectivity index (χ0v) is 13.6. The number of nitriles is 3. The number of non-ortho nitro benzene ring substituents is 1. The molecule has 0 aliphatic carbocycles. The van der Waals surface area contributed by atoms with Crippen molar-refractivity contribution >= 4 is 11.8 Å². The molecule has 2 N–H and O–H groups in total. The Balaban J connectivity index is 2.49. The number of nitrogens with two attached hydrogens (primary N) is 1. The summed E-state index contributed by atoms with van der Waals surface area (Å²) in [6, 6.07) is 12.6. The van der Waals surface area contributed by atoms with Crippen LogP contribution in [0.3, 0.4) is 0 Å². The van der Waals surface area contributed by atoms with E-state index in [0.29, 0.717) is 11.3 Å². The van der Waals surface area contributed by atoms with Gasteiger partial charge in [0.25, 0.3) is 5.69 Å². The number of hydrogen-bond acceptors (Lipinski definition) is 7. The van der Waals surface area contributed by atoms with Gasteiger partial charge >= 0.3 is 0 Å². The Labute approximate surface area is 148 Å². The predicted molar refractivity (Wildman–Crippen MR) is 91.6 cm³/mol. The van der Waals surface area contributed by atoms with Gasteiger partial charge in [-0.25, -0.2) is 0 Å². The highest BCUT2D eigenvalue weighted by Crippen LogP contribution is 2.30. The molecule has 2 rings (SSSR count). The Morgan fingerprint density at radius 2 is 1.88 bits per heavy atom. The molecule has 0 saturated heterocycles. The van der Waals surface area contributed by atoms with Crippen LogP contribution < -0.4 is 5.73 Å². The number of allylic oxidation sites excluding steroid dienone is 2. The van der Waals surface area contributed by atoms with Crippen LogP contribution in [0.1, 0.15) is 11.3 Å². The van der Waals surface area contributed by atoms with Crippen LogP contribution in [-0.4, -0.2) is 4.92 Å². The van der Waals surface area contributed by atoms with Crippen molar-refractivity contribution in [3.8, 4) is 29.5 Å². The first-order valence-electron chi connectivity index (χ1n) is 7.18. The third-order valence-corrected chi connectivity index (χ3v) is 3.51. The lowest BCUT2D eigenvalue weighted by Gasteiger charge is -2.02. The molecule has 0 radical (unpaired) electrons. The first kappa shape index (κ1) is 18.0. The molecule has 0 unspecified atom stereocenters. The van der Waals surface area contributed by atoms with Crippen LogP contribution >= 0.6 is 0 Å². The van der Waals surface area contributed by atoms with E-state index in [9.17, 15) is 15.4 Å². The minimum Gasteiger partial charge on any atom is -0.457 e. The van der Waals surface area contributed by atoms with Gasteiger partial charge < -0.3 is 10.2 Å². The highest BCUT2D eigenvalue weighted by atomic mass is 16.6. The third kappa shape index (κ3) is 3.59. The van der Waals surface area contributed by atoms with Gasteiger partial charge in [-0.2, -0.15) is 15.8 Å². The summed E-state index contributed by atoms with van der Waals surface area (Å²) in [5, 5.41) is 37.8. The molecule has 8 heteroatoms. The maximum atomic E-state index is 10.9. The number of nitro groups is 1. The molecule has 0 aliphatic rings. The van der Waals surface area contributed by atoms with Crippen LogP contribution in [0.15, 0.2) is 51.6 Å². The number of benzene rings is 1. The van der Waals surface area contributed by atoms with E-state index < -0.39 is 4.92 Å². The molecule has 26 heavy (non-hydrogen) atoms. The maximum absolute atomic E-state index is 10.9. The van der Waals surface area contributed by atoms with Gasteiger partial charge in [0.15, 0.2) is 5.57 Å². The third-order valence-electron chi connectivity index (χ3n) is 3.51. The molecule has 126 valence electrons. The van der Waals surface area contributed by atoms with Crippen LogP contribution in [0.5, 0.6) is 0 Å². The van der Waals surface area contributed by atoms with Crippen LogP contribution in [0.2, 0.25) is 0 Å². The average Bonchev–Trinajstić information content (AvgIpc) is 3.09. The monoisotopic (exact) mass is 345 g/mol. The summed E-state index contributed by atoms with van der Waals surface area (Å²) in [6.07, 6.45) is 1.29. The van der Waals surface area contributed by atoms with E-state index in [0.717, 1.165) is 5.56 Å². The van der Waals surface area contributed by atoms with Crippen molar-refractivity contribution in [2.45, 2.75) is 6.92 Å². The SMILES string of the molecule is Cc1ccc([N+](=O)[O-])cc1-c1ccc(C=C(C#N)C(N)=C(C#N)C#N)o1. The van der Waals surface area contributed by atoms with Crippen LogP contribution in [-0.2, 0) is 0 Å². The lowest BCUT2D eigenvalue weighted by atomic mass is 10.1. The first-order chi connectivity index (χ1) is 12.4. The van der Waals surface area contributed by atoms with E-state index in [-0.39, 0.29) is 28.3 Å². The molecule has 0 bridgehead atoms. The van der Waals surface area contributed by atoms with Crippen molar-refractivity contribution in [2.75, 3.05) is 0 Å². The van der Waals surface area contributed by atoms with Gasteiger partial charge in [0.1, 0.15) is 29.7 Å². The van der Waals surface area contributed by atoms with Gasteiger partial charge in [-0.1, -0.05) is 6.07 Å². The molecule has 1 aromatic heterocycles. The van der Waals surface area contributed by atoms with E-state index in [2.05, 4.69) is 0 Å². The molecule has 1 heterocycles. The highest BCUT2D eigenvalue weighted by molar-refractivity contribution is 5.69. The number of rotatable bonds is 4. The molecule has 0 saturated carbocycles. The Morgan fingerprint density at radius 1 is 1.19 bits per heavy atom. The number of aryl methyl sites for hydroxylation is 1. The fourth-order valence-electron chi connectivity index (χ4n) is 2.16. The summed E-state index contributed by atoms with van der Waals surface area (Å²) in [4.78, 5) is 10.4. The number of nitrogens with zero attached hydrogens (tertiary/aromatic N) is 4. The zero-order chi connectivity index (χ0) is 19.3. The van der Waals surface area contributed by atoms with E-state index >= 15 is 0 Å². The van der Waals surface area contributed by atoms with Gasteiger partial charge in [-0.3, -0.25) is 10.1 Å². The fourth-order valence-corrected chi connectivity index (χ4v) is 2.16. The second kappa shape index (κ2) is 7.48. The number of furan rings is 1. The van der Waals surface area contributed by atoms with Gasteiger partial charge in [-0.05, 0) is 24.6 Å². The van der Waals surface area contributed by atoms with Crippen molar-refractivity contribution in [3.63, 3.8) is 0 Å². The van der Waals surface area contributed by atoms with Gasteiger partial charge in [0.2, 0.25) is 0 Å². The van der Waals surface area contributed by atoms with Gasteiger partial charge in [0.05, 0.1) is 16.2 Å². The average molecular weight is 345 g/mol. The van der Waals surface area contributed by atoms with E-state index in [1.165, 1.54) is 18.2 Å². The zero-order valence-electron chi connectivity index (χ0n) is 13.6. The molecule has 1 aromatic carbocycles. The first-order valence-corrected chi connectivity index (χ1v) is 7.18. The Morgan fingerprint density at radius 3 is 2.46 bits per heavy atom. The quantitative estimate of drug-likeness (QED) is 0.385. The molecule has 0 aliphatic heterocycles. The smallest absolute Gasteiger partial charge is 0.270 e. The Bertz CT molecular complexity index is 1060. The van der Waals surface area contributed by atoms with E-state index in [1.54, 1.807) is 37.3 Å². The number of hydrogen-bond donors (Lipinski definition) is 1. The van der Waals surface area contributed by atoms with Gasteiger partial charge in [-0.15, -0.1) is 0 Å². The van der Waals surface area contributed by atoms with Crippen molar-refractivity contribution < 1.29 is 9.34 Å². The summed E-state index contributed by atoms with van der Waals surface area (Å²) in [5.41, 5.74) is 6.18. The van der Waals surface area contributed by atoms with Crippen molar-refractivity contribution in [1.82, 2.24) is 0 Å². The summed E-state index contributed by atoms with van der Waals surface area (Å²) in [7, 11) is 0. The molecule has 0 atom stereocenters. The molecule has 2 aromatic rings. The lowest BCUT2D eigenvalue weighted by molar-refractivity contribution is -0.384. The lowest BCUT2D eigenvalue weighted by Crippen LogP contribution is -2.03. The maximum Gasteiger partial charge on any atom is 0.270 e. The summed E-state index contributed by atoms with van der Waals surface area (Å²) < 4.78 is 5.62. The second-order valence-electron chi connectivity index (χ2n) is 5.14. The second-order valence-corrected chi connectivity index (χ2v) is 5.14. The summed E-state index contributed by atoms with van der Waals surface area (Å²) in [5.74, 6) is 0.624. The molecule has 0 fully saturated rings. The van der Waals surface area contributed by atoms with Crippen molar-refractivity contribution in [2.24, 2.45) is 5.73 Å². The fraction of sp³-hybridized carbons (Fsp3) is 0.0556. The standard InChI is InChI=1S/C18H11N5O3/c1-11-2-3-14(23(24)25)7-16(11)17-5-4-15(26-17)6-12(8-19)18(22)13(9-20)10-21/h2-7H,22H2,1H3. The molecule has 0 amide bonds. The topological polar surface area (TPSA) is 154 Å².